The molecule has 0 aromatic heterocycles. The number of rotatable bonds is 4. The van der Waals surface area contributed by atoms with Crippen molar-refractivity contribution in [2.24, 2.45) is 57.7 Å². The topological polar surface area (TPSA) is 209 Å². The molecule has 1 heterocycles. The predicted octanol–water partition coefficient (Wildman–Crippen LogP) is 1.61. The molecule has 0 amide bonds. The van der Waals surface area contributed by atoms with Crippen LogP contribution in [0.5, 0.6) is 0 Å². The van der Waals surface area contributed by atoms with Crippen LogP contribution >= 0.6 is 11.6 Å². The smallest absolute Gasteiger partial charge is 0.343 e. The van der Waals surface area contributed by atoms with Crippen molar-refractivity contribution in [1.82, 2.24) is 0 Å². The second kappa shape index (κ2) is 12.0. The molecule has 14 nitrogen and oxygen atoms in total. The fourth-order valence-electron chi connectivity index (χ4n) is 11.9. The number of hydrogen-bond acceptors (Lipinski definition) is 14. The molecule has 1 saturated heterocycles. The summed E-state index contributed by atoms with van der Waals surface area (Å²) in [5.74, 6) is -11.2. The molecule has 18 atom stereocenters. The molecule has 6 aliphatic rings. The molecule has 5 fully saturated rings. The Hall–Kier alpha value is -3.07. The van der Waals surface area contributed by atoms with Crippen LogP contribution in [-0.2, 0) is 52.5 Å². The third-order valence-corrected chi connectivity index (χ3v) is 14.3. The first kappa shape index (κ1) is 37.7. The van der Waals surface area contributed by atoms with E-state index in [1.54, 1.807) is 26.8 Å². The Morgan fingerprint density at radius 3 is 1.84 bits per heavy atom. The number of halogens is 1. The molecule has 15 heteroatoms. The molecular weight excluding hydrogens is 692 g/mol. The normalized spacial score (nSPS) is 51.0. The number of esters is 5. The third kappa shape index (κ3) is 4.84. The first-order valence-corrected chi connectivity index (χ1v) is 17.8. The second-order valence-electron chi connectivity index (χ2n) is 16.3. The lowest BCUT2D eigenvalue weighted by atomic mass is 9.41. The van der Waals surface area contributed by atoms with Gasteiger partial charge in [-0.05, 0) is 38.2 Å². The number of hydrogen-bond donors (Lipinski definition) is 3. The van der Waals surface area contributed by atoms with Crippen LogP contribution in [0.15, 0.2) is 11.8 Å². The molecule has 0 spiro atoms. The molecule has 0 unspecified atom stereocenters. The fourth-order valence-corrected chi connectivity index (χ4v) is 12.4. The maximum atomic E-state index is 14.5. The van der Waals surface area contributed by atoms with Gasteiger partial charge in [0.2, 0.25) is 0 Å². The zero-order valence-corrected chi connectivity index (χ0v) is 30.8. The van der Waals surface area contributed by atoms with Crippen molar-refractivity contribution in [2.45, 2.75) is 116 Å². The monoisotopic (exact) mass is 738 g/mol. The van der Waals surface area contributed by atoms with E-state index in [0.29, 0.717) is 0 Å². The van der Waals surface area contributed by atoms with E-state index < -0.39 is 141 Å². The maximum absolute atomic E-state index is 14.5. The number of ether oxygens (including phenoxy) is 5. The lowest BCUT2D eigenvalue weighted by Gasteiger charge is -2.66. The predicted molar refractivity (Wildman–Crippen MR) is 173 cm³/mol. The molecule has 4 saturated carbocycles. The summed E-state index contributed by atoms with van der Waals surface area (Å²) < 4.78 is 30.0. The van der Waals surface area contributed by atoms with Crippen LogP contribution in [0.3, 0.4) is 0 Å². The van der Waals surface area contributed by atoms with Crippen molar-refractivity contribution >= 4 is 47.2 Å². The quantitative estimate of drug-likeness (QED) is 0.213. The van der Waals surface area contributed by atoms with Gasteiger partial charge in [0.15, 0.2) is 11.4 Å². The summed E-state index contributed by atoms with van der Waals surface area (Å²) in [6, 6.07) is 0. The van der Waals surface area contributed by atoms with E-state index in [1.165, 1.54) is 20.8 Å². The molecule has 0 bridgehead atoms. The summed E-state index contributed by atoms with van der Waals surface area (Å²) in [5, 5.41) is 34.0. The van der Waals surface area contributed by atoms with Gasteiger partial charge < -0.3 is 39.0 Å². The highest BCUT2D eigenvalue weighted by atomic mass is 35.5. The van der Waals surface area contributed by atoms with Gasteiger partial charge in [0.05, 0.1) is 16.9 Å². The van der Waals surface area contributed by atoms with Gasteiger partial charge in [-0.25, -0.2) is 4.79 Å². The summed E-state index contributed by atoms with van der Waals surface area (Å²) in [7, 11) is 0. The Balaban J connectivity index is 1.70. The standard InChI is InChI=1S/C36H47ClO14/c1-12-10-19-35(8,36(9,46)32(45)51-19)24-21(12)34(7)22(28(24)47-13(2)38)20-23(29(48-14(3)39)31(34)50-16(5)41)33(6)17(26(43)27(20)44)11-18(42)25(37)30(33)49-15(4)40/h10,12,17-18,20-25,27-31,42,44,46H,11H2,1-9H3/t12-,17-,18+,20+,21+,22-,23-,24+,25-,27-,28-,29+,30+,31+,33+,34-,35+,36-/m1/s1. The average Bonchev–Trinajstić information content (AvgIpc) is 3.36. The summed E-state index contributed by atoms with van der Waals surface area (Å²) in [6.07, 6.45) is -6.99. The van der Waals surface area contributed by atoms with Gasteiger partial charge in [0.1, 0.15) is 36.3 Å². The fraction of sp³-hybridized carbons (Fsp3) is 0.778. The largest absolute Gasteiger partial charge is 0.462 e. The van der Waals surface area contributed by atoms with E-state index in [9.17, 15) is 44.1 Å². The van der Waals surface area contributed by atoms with Crippen LogP contribution in [0.4, 0.5) is 0 Å². The molecule has 3 N–H and O–H groups in total. The minimum atomic E-state index is -2.14. The van der Waals surface area contributed by atoms with Gasteiger partial charge in [0.25, 0.3) is 0 Å². The van der Waals surface area contributed by atoms with Crippen LogP contribution in [0.2, 0.25) is 0 Å². The number of fused-ring (bicyclic) bond motifs is 9. The van der Waals surface area contributed by atoms with Gasteiger partial charge in [-0.2, -0.15) is 0 Å². The molecule has 51 heavy (non-hydrogen) atoms. The average molecular weight is 739 g/mol. The molecular formula is C36H47ClO14. The number of alkyl halides is 1. The molecule has 0 radical (unpaired) electrons. The molecule has 5 aliphatic carbocycles. The van der Waals surface area contributed by atoms with Crippen molar-refractivity contribution < 1.29 is 67.8 Å². The Morgan fingerprint density at radius 2 is 1.29 bits per heavy atom. The van der Waals surface area contributed by atoms with E-state index >= 15 is 0 Å². The molecule has 1 aliphatic heterocycles. The van der Waals surface area contributed by atoms with Gasteiger partial charge in [-0.15, -0.1) is 11.6 Å². The van der Waals surface area contributed by atoms with Crippen LogP contribution in [0.25, 0.3) is 0 Å². The van der Waals surface area contributed by atoms with Crippen molar-refractivity contribution in [3.63, 3.8) is 0 Å². The third-order valence-electron chi connectivity index (χ3n) is 13.8. The van der Waals surface area contributed by atoms with Crippen molar-refractivity contribution in [1.29, 1.82) is 0 Å². The summed E-state index contributed by atoms with van der Waals surface area (Å²) in [5.41, 5.74) is -6.61. The SMILES string of the molecule is CC(=O)O[C@@H]1[C@H]2[C@H]3[C@H]([C@H](OC(C)=O)[C@H](OC(C)=O)[C@]2(C)[C@@H]2[C@@H]1[C@]1(C)C(=C[C@H]2C)OC(=O)[C@@]1(C)O)[C@]1(C)[C@H](C[C@H](O)[C@@H](Cl)[C@@H]1OC(C)=O)C(=O)[C@@H]3O. The number of aliphatic hydroxyl groups excluding tert-OH is 2. The van der Waals surface area contributed by atoms with E-state index in [0.717, 1.165) is 13.8 Å². The van der Waals surface area contributed by atoms with E-state index in [1.807, 2.05) is 6.92 Å². The van der Waals surface area contributed by atoms with Crippen molar-refractivity contribution in [2.75, 3.05) is 0 Å². The highest BCUT2D eigenvalue weighted by Gasteiger charge is 2.83. The zero-order chi connectivity index (χ0) is 38.1. The van der Waals surface area contributed by atoms with Gasteiger partial charge in [-0.3, -0.25) is 24.0 Å². The van der Waals surface area contributed by atoms with Crippen LogP contribution < -0.4 is 0 Å². The lowest BCUT2D eigenvalue weighted by Crippen LogP contribution is -2.76. The van der Waals surface area contributed by atoms with Gasteiger partial charge >= 0.3 is 29.8 Å². The second-order valence-corrected chi connectivity index (χ2v) is 16.8. The van der Waals surface area contributed by atoms with Gasteiger partial charge in [0, 0.05) is 68.1 Å². The van der Waals surface area contributed by atoms with Crippen molar-refractivity contribution in [3.05, 3.63) is 11.8 Å². The maximum Gasteiger partial charge on any atom is 0.343 e. The van der Waals surface area contributed by atoms with Crippen LogP contribution in [0, 0.1) is 57.7 Å². The Bertz CT molecular complexity index is 1610. The lowest BCUT2D eigenvalue weighted by molar-refractivity contribution is -0.277. The molecule has 6 rings (SSSR count). The van der Waals surface area contributed by atoms with Crippen LogP contribution in [0.1, 0.15) is 68.7 Å². The number of ketones is 1. The van der Waals surface area contributed by atoms with Gasteiger partial charge in [-0.1, -0.05) is 20.8 Å². The summed E-state index contributed by atoms with van der Waals surface area (Å²) >= 11 is 6.81. The number of carbonyl (C=O) groups is 6. The highest BCUT2D eigenvalue weighted by molar-refractivity contribution is 6.21. The highest BCUT2D eigenvalue weighted by Crippen LogP contribution is 2.75. The van der Waals surface area contributed by atoms with E-state index in [2.05, 4.69) is 0 Å². The summed E-state index contributed by atoms with van der Waals surface area (Å²) in [4.78, 5) is 79.7. The first-order valence-electron chi connectivity index (χ1n) is 17.4. The Labute approximate surface area is 300 Å². The molecule has 0 aromatic carbocycles. The van der Waals surface area contributed by atoms with E-state index in [4.69, 9.17) is 35.3 Å². The van der Waals surface area contributed by atoms with E-state index in [-0.39, 0.29) is 12.2 Å². The molecule has 282 valence electrons. The number of allylic oxidation sites excluding steroid dienone is 1. The number of aliphatic hydroxyl groups is 3. The first-order chi connectivity index (χ1) is 23.5. The number of carbonyl (C=O) groups excluding carboxylic acids is 6. The number of Topliss-reactive ketones (excluding diaryl/α,β-unsaturated/α-hetero) is 1. The Morgan fingerprint density at radius 1 is 0.784 bits per heavy atom. The summed E-state index contributed by atoms with van der Waals surface area (Å²) in [6.45, 7) is 12.8. The van der Waals surface area contributed by atoms with Crippen LogP contribution in [-0.4, -0.2) is 98.6 Å². The zero-order valence-electron chi connectivity index (χ0n) is 30.1. The molecule has 0 aromatic rings. The minimum absolute atomic E-state index is 0.163. The minimum Gasteiger partial charge on any atom is -0.462 e. The van der Waals surface area contributed by atoms with Crippen molar-refractivity contribution in [3.8, 4) is 0 Å². The Kier molecular flexibility index (Phi) is 8.85.